The van der Waals surface area contributed by atoms with Crippen molar-refractivity contribution in [1.82, 2.24) is 0 Å². The average Bonchev–Trinajstić information content (AvgIpc) is 2.79. The molecule has 0 aromatic heterocycles. The van der Waals surface area contributed by atoms with Gasteiger partial charge in [0.05, 0.1) is 23.2 Å². The molecule has 0 saturated carbocycles. The molecule has 0 saturated heterocycles. The zero-order chi connectivity index (χ0) is 16.9. The molecule has 24 heavy (non-hydrogen) atoms. The van der Waals surface area contributed by atoms with Crippen LogP contribution >= 0.6 is 11.6 Å². The van der Waals surface area contributed by atoms with Gasteiger partial charge in [0.15, 0.2) is 0 Å². The molecule has 1 unspecified atom stereocenters. The van der Waals surface area contributed by atoms with Crippen LogP contribution in [0.1, 0.15) is 11.7 Å². The fourth-order valence-electron chi connectivity index (χ4n) is 3.16. The maximum atomic E-state index is 12.9. The van der Waals surface area contributed by atoms with Gasteiger partial charge in [-0.05, 0) is 23.6 Å². The van der Waals surface area contributed by atoms with Gasteiger partial charge in [-0.25, -0.2) is 8.42 Å². The monoisotopic (exact) mass is 359 g/mol. The molecule has 1 aliphatic rings. The van der Waals surface area contributed by atoms with Gasteiger partial charge < -0.3 is 5.11 Å². The maximum Gasteiger partial charge on any atom is 0.265 e. The standard InChI is InChI=1S/C18H14ClNO3S/c19-14-8-2-1-7-13(14)16(21)11-20-15-9-3-5-12-6-4-10-17(18(12)15)24(20,22)23/h1-10,16,21H,11H2. The van der Waals surface area contributed by atoms with Crippen molar-refractivity contribution in [2.24, 2.45) is 0 Å². The molecule has 0 radical (unpaired) electrons. The van der Waals surface area contributed by atoms with Crippen LogP contribution in [0.2, 0.25) is 5.02 Å². The first-order valence-corrected chi connectivity index (χ1v) is 9.29. The first-order chi connectivity index (χ1) is 11.5. The van der Waals surface area contributed by atoms with Crippen LogP contribution in [-0.2, 0) is 10.0 Å². The van der Waals surface area contributed by atoms with E-state index in [-0.39, 0.29) is 11.4 Å². The molecule has 1 N–H and O–H groups in total. The molecule has 3 aromatic rings. The lowest BCUT2D eigenvalue weighted by atomic mass is 10.1. The Morgan fingerprint density at radius 1 is 1.00 bits per heavy atom. The Balaban J connectivity index is 1.80. The number of aliphatic hydroxyl groups is 1. The van der Waals surface area contributed by atoms with Crippen molar-refractivity contribution in [3.63, 3.8) is 0 Å². The Bertz CT molecular complexity index is 1040. The van der Waals surface area contributed by atoms with Crippen LogP contribution in [0.15, 0.2) is 65.6 Å². The summed E-state index contributed by atoms with van der Waals surface area (Å²) in [6, 6.07) is 17.6. The Kier molecular flexibility index (Phi) is 3.53. The number of halogens is 1. The fourth-order valence-corrected chi connectivity index (χ4v) is 5.13. The first kappa shape index (κ1) is 15.4. The zero-order valence-corrected chi connectivity index (χ0v) is 14.1. The van der Waals surface area contributed by atoms with E-state index in [2.05, 4.69) is 0 Å². The number of rotatable bonds is 3. The maximum absolute atomic E-state index is 12.9. The molecule has 0 bridgehead atoms. The highest BCUT2D eigenvalue weighted by Gasteiger charge is 2.36. The van der Waals surface area contributed by atoms with Gasteiger partial charge in [-0.2, -0.15) is 0 Å². The lowest BCUT2D eigenvalue weighted by Crippen LogP contribution is -2.31. The van der Waals surface area contributed by atoms with E-state index in [0.29, 0.717) is 21.7 Å². The van der Waals surface area contributed by atoms with E-state index >= 15 is 0 Å². The SMILES string of the molecule is O=S1(=O)c2cccc3cccc(c23)N1CC(O)c1ccccc1Cl. The first-order valence-electron chi connectivity index (χ1n) is 7.47. The Labute approximate surface area is 145 Å². The molecule has 3 aromatic carbocycles. The summed E-state index contributed by atoms with van der Waals surface area (Å²) in [5.74, 6) is 0. The van der Waals surface area contributed by atoms with Crippen LogP contribution in [0.25, 0.3) is 10.8 Å². The van der Waals surface area contributed by atoms with Gasteiger partial charge in [-0.1, -0.05) is 54.1 Å². The second-order valence-corrected chi connectivity index (χ2v) is 7.94. The normalized spacial score (nSPS) is 16.5. The molecule has 1 heterocycles. The van der Waals surface area contributed by atoms with E-state index in [1.165, 1.54) is 4.31 Å². The fraction of sp³-hybridized carbons (Fsp3) is 0.111. The third-order valence-electron chi connectivity index (χ3n) is 4.28. The van der Waals surface area contributed by atoms with Crippen molar-refractivity contribution in [2.45, 2.75) is 11.0 Å². The number of aliphatic hydroxyl groups excluding tert-OH is 1. The minimum atomic E-state index is -3.68. The largest absolute Gasteiger partial charge is 0.386 e. The van der Waals surface area contributed by atoms with Crippen LogP contribution in [-0.4, -0.2) is 20.1 Å². The van der Waals surface area contributed by atoms with E-state index in [4.69, 9.17) is 11.6 Å². The van der Waals surface area contributed by atoms with E-state index in [0.717, 1.165) is 5.39 Å². The predicted molar refractivity (Wildman–Crippen MR) is 94.9 cm³/mol. The summed E-state index contributed by atoms with van der Waals surface area (Å²) in [5, 5.41) is 12.5. The Hall–Kier alpha value is -2.08. The second-order valence-electron chi connectivity index (χ2n) is 5.70. The van der Waals surface area contributed by atoms with Gasteiger partial charge in [0, 0.05) is 16.0 Å². The van der Waals surface area contributed by atoms with Gasteiger partial charge in [0.1, 0.15) is 0 Å². The van der Waals surface area contributed by atoms with E-state index in [1.807, 2.05) is 18.2 Å². The predicted octanol–water partition coefficient (Wildman–Crippen LogP) is 3.74. The number of benzene rings is 3. The van der Waals surface area contributed by atoms with Gasteiger partial charge in [-0.3, -0.25) is 4.31 Å². The Morgan fingerprint density at radius 3 is 2.46 bits per heavy atom. The topological polar surface area (TPSA) is 57.6 Å². The van der Waals surface area contributed by atoms with Crippen LogP contribution in [0.4, 0.5) is 5.69 Å². The average molecular weight is 360 g/mol. The third-order valence-corrected chi connectivity index (χ3v) is 6.45. The van der Waals surface area contributed by atoms with Gasteiger partial charge in [0.2, 0.25) is 0 Å². The van der Waals surface area contributed by atoms with Crippen molar-refractivity contribution in [1.29, 1.82) is 0 Å². The Morgan fingerprint density at radius 2 is 1.71 bits per heavy atom. The number of hydrogen-bond acceptors (Lipinski definition) is 3. The number of sulfonamides is 1. The van der Waals surface area contributed by atoms with Crippen LogP contribution in [0.3, 0.4) is 0 Å². The highest BCUT2D eigenvalue weighted by atomic mass is 35.5. The molecule has 122 valence electrons. The van der Waals surface area contributed by atoms with Crippen LogP contribution < -0.4 is 4.31 Å². The molecule has 0 fully saturated rings. The second kappa shape index (κ2) is 5.48. The van der Waals surface area contributed by atoms with E-state index in [1.54, 1.807) is 42.5 Å². The zero-order valence-electron chi connectivity index (χ0n) is 12.6. The minimum Gasteiger partial charge on any atom is -0.386 e. The van der Waals surface area contributed by atoms with Crippen molar-refractivity contribution >= 4 is 38.1 Å². The summed E-state index contributed by atoms with van der Waals surface area (Å²) in [6.07, 6.45) is -1.02. The summed E-state index contributed by atoms with van der Waals surface area (Å²) in [7, 11) is -3.68. The summed E-state index contributed by atoms with van der Waals surface area (Å²) in [6.45, 7) is -0.0835. The minimum absolute atomic E-state index is 0.0835. The molecule has 4 rings (SSSR count). The molecule has 1 aliphatic heterocycles. The molecule has 0 amide bonds. The summed E-state index contributed by atoms with van der Waals surface area (Å²) in [4.78, 5) is 0.280. The van der Waals surface area contributed by atoms with Crippen molar-refractivity contribution in [3.8, 4) is 0 Å². The third kappa shape index (κ3) is 2.20. The number of nitrogens with zero attached hydrogens (tertiary/aromatic N) is 1. The lowest BCUT2D eigenvalue weighted by molar-refractivity contribution is 0.188. The summed E-state index contributed by atoms with van der Waals surface area (Å²) in [5.41, 5.74) is 1.10. The quantitative estimate of drug-likeness (QED) is 0.775. The summed E-state index contributed by atoms with van der Waals surface area (Å²) >= 11 is 6.12. The number of anilines is 1. The molecule has 6 heteroatoms. The van der Waals surface area contributed by atoms with Crippen molar-refractivity contribution < 1.29 is 13.5 Å². The van der Waals surface area contributed by atoms with Gasteiger partial charge in [-0.15, -0.1) is 0 Å². The number of hydrogen-bond donors (Lipinski definition) is 1. The molecule has 4 nitrogen and oxygen atoms in total. The highest BCUT2D eigenvalue weighted by Crippen LogP contribution is 2.42. The van der Waals surface area contributed by atoms with Crippen molar-refractivity contribution in [3.05, 3.63) is 71.2 Å². The molecule has 0 aliphatic carbocycles. The van der Waals surface area contributed by atoms with Crippen LogP contribution in [0.5, 0.6) is 0 Å². The molecular formula is C18H14ClNO3S. The van der Waals surface area contributed by atoms with E-state index in [9.17, 15) is 13.5 Å². The van der Waals surface area contributed by atoms with Crippen molar-refractivity contribution in [2.75, 3.05) is 10.8 Å². The number of β-amino-alcohol motifs (C(OH)–C–C–N with tert-alkyl or cyclic N) is 1. The van der Waals surface area contributed by atoms with Gasteiger partial charge in [0.25, 0.3) is 10.0 Å². The van der Waals surface area contributed by atoms with Crippen LogP contribution in [0, 0.1) is 0 Å². The van der Waals surface area contributed by atoms with E-state index < -0.39 is 16.1 Å². The highest BCUT2D eigenvalue weighted by molar-refractivity contribution is 7.93. The molecule has 1 atom stereocenters. The molecular weight excluding hydrogens is 346 g/mol. The smallest absolute Gasteiger partial charge is 0.265 e. The lowest BCUT2D eigenvalue weighted by Gasteiger charge is -2.23. The van der Waals surface area contributed by atoms with Gasteiger partial charge >= 0.3 is 0 Å². The summed E-state index contributed by atoms with van der Waals surface area (Å²) < 4.78 is 27.1. The molecule has 0 spiro atoms.